The number of nitrogens with one attached hydrogen (secondary N) is 2. The second kappa shape index (κ2) is 12.0. The molecule has 1 atom stereocenters. The minimum Gasteiger partial charge on any atom is -0.497 e. The number of carbonyl (C=O) groups excluding carboxylic acids is 1. The molecule has 2 aromatic carbocycles. The largest absolute Gasteiger partial charge is 0.497 e. The maximum absolute atomic E-state index is 13.6. The van der Waals surface area contributed by atoms with Crippen molar-refractivity contribution in [2.24, 2.45) is 5.92 Å². The van der Waals surface area contributed by atoms with E-state index < -0.39 is 12.0 Å². The van der Waals surface area contributed by atoms with Crippen LogP contribution in [0.15, 0.2) is 72.9 Å². The second-order valence-electron chi connectivity index (χ2n) is 10.1. The minimum atomic E-state index is -0.905. The van der Waals surface area contributed by atoms with E-state index in [0.717, 1.165) is 49.0 Å². The van der Waals surface area contributed by atoms with Gasteiger partial charge in [-0.25, -0.2) is 4.98 Å². The molecule has 2 aromatic heterocycles. The van der Waals surface area contributed by atoms with Crippen molar-refractivity contribution in [3.63, 3.8) is 0 Å². The molecule has 1 amide bonds. The Morgan fingerprint density at radius 3 is 2.59 bits per heavy atom. The molecule has 0 aliphatic heterocycles. The molecule has 8 heteroatoms. The number of fused-ring (bicyclic) bond motifs is 1. The maximum atomic E-state index is 13.6. The van der Waals surface area contributed by atoms with Gasteiger partial charge in [-0.15, -0.1) is 0 Å². The second-order valence-corrected chi connectivity index (χ2v) is 10.1. The Balaban J connectivity index is 1.53. The molecule has 5 rings (SSSR count). The van der Waals surface area contributed by atoms with E-state index >= 15 is 0 Å². The average molecular weight is 527 g/mol. The van der Waals surface area contributed by atoms with E-state index in [1.54, 1.807) is 13.2 Å². The molecule has 0 radical (unpaired) electrons. The topological polar surface area (TPSA) is 105 Å². The fraction of sp³-hybridized carbons (Fsp3) is 0.323. The number of carboxylic acid groups (broad SMARTS) is 1. The number of carbonyl (C=O) groups is 2. The molecule has 202 valence electrons. The summed E-state index contributed by atoms with van der Waals surface area (Å²) in [7, 11) is 1.62. The van der Waals surface area contributed by atoms with Crippen LogP contribution < -0.4 is 15.4 Å². The Morgan fingerprint density at radius 1 is 1.05 bits per heavy atom. The summed E-state index contributed by atoms with van der Waals surface area (Å²) in [5.74, 6) is 0.409. The highest BCUT2D eigenvalue weighted by atomic mass is 16.5. The zero-order valence-corrected chi connectivity index (χ0v) is 22.1. The van der Waals surface area contributed by atoms with Crippen molar-refractivity contribution < 1.29 is 19.4 Å². The predicted molar refractivity (Wildman–Crippen MR) is 151 cm³/mol. The van der Waals surface area contributed by atoms with Gasteiger partial charge in [0, 0.05) is 24.3 Å². The van der Waals surface area contributed by atoms with Crippen molar-refractivity contribution in [3.05, 3.63) is 84.1 Å². The number of amides is 1. The molecule has 1 unspecified atom stereocenters. The summed E-state index contributed by atoms with van der Waals surface area (Å²) in [6.45, 7) is 0.574. The third-order valence-corrected chi connectivity index (χ3v) is 7.47. The van der Waals surface area contributed by atoms with Crippen molar-refractivity contribution in [1.82, 2.24) is 14.7 Å². The molecule has 3 N–H and O–H groups in total. The summed E-state index contributed by atoms with van der Waals surface area (Å²) in [4.78, 5) is 30.2. The summed E-state index contributed by atoms with van der Waals surface area (Å²) in [6.07, 6.45) is 6.93. The lowest BCUT2D eigenvalue weighted by molar-refractivity contribution is -0.137. The van der Waals surface area contributed by atoms with Crippen molar-refractivity contribution >= 4 is 23.3 Å². The van der Waals surface area contributed by atoms with Gasteiger partial charge in [0.15, 0.2) is 5.65 Å². The standard InChI is InChI=1S/C31H34N4O4/c1-39-24-15-8-14-23(18-24)28-30(32-20-21-10-4-2-5-11-21)35-17-9-16-25(29(35)34-28)31(38)33-26(19-27(36)37)22-12-6-3-7-13-22/h2,4-5,8-11,14-18,22,26,32H,3,6-7,12-13,19-20H2,1H3,(H,33,38)(H,36,37). The van der Waals surface area contributed by atoms with Gasteiger partial charge in [0.25, 0.3) is 5.91 Å². The van der Waals surface area contributed by atoms with Crippen LogP contribution in [0.1, 0.15) is 54.4 Å². The summed E-state index contributed by atoms with van der Waals surface area (Å²) < 4.78 is 7.34. The van der Waals surface area contributed by atoms with Crippen LogP contribution in [0.3, 0.4) is 0 Å². The average Bonchev–Trinajstić information content (AvgIpc) is 3.35. The number of rotatable bonds is 10. The highest BCUT2D eigenvalue weighted by Crippen LogP contribution is 2.33. The highest BCUT2D eigenvalue weighted by Gasteiger charge is 2.29. The minimum absolute atomic E-state index is 0.0904. The number of ether oxygens (including phenoxy) is 1. The van der Waals surface area contributed by atoms with Crippen LogP contribution in [0.4, 0.5) is 5.82 Å². The van der Waals surface area contributed by atoms with Gasteiger partial charge in [0.2, 0.25) is 0 Å². The van der Waals surface area contributed by atoms with E-state index in [4.69, 9.17) is 9.72 Å². The number of aromatic nitrogens is 2. The first kappa shape index (κ1) is 26.3. The van der Waals surface area contributed by atoms with E-state index in [9.17, 15) is 14.7 Å². The lowest BCUT2D eigenvalue weighted by Gasteiger charge is -2.30. The van der Waals surface area contributed by atoms with Crippen LogP contribution in [0.5, 0.6) is 5.75 Å². The molecule has 1 aliphatic carbocycles. The number of imidazole rings is 1. The molecule has 4 aromatic rings. The third-order valence-electron chi connectivity index (χ3n) is 7.47. The van der Waals surface area contributed by atoms with Crippen molar-refractivity contribution in [2.75, 3.05) is 12.4 Å². The van der Waals surface area contributed by atoms with Crippen molar-refractivity contribution in [1.29, 1.82) is 0 Å². The maximum Gasteiger partial charge on any atom is 0.305 e. The lowest BCUT2D eigenvalue weighted by atomic mass is 9.82. The Labute approximate surface area is 228 Å². The zero-order chi connectivity index (χ0) is 27.2. The molecular weight excluding hydrogens is 492 g/mol. The summed E-state index contributed by atoms with van der Waals surface area (Å²) in [6, 6.07) is 20.9. The Kier molecular flexibility index (Phi) is 8.10. The molecular formula is C31H34N4O4. The van der Waals surface area contributed by atoms with Crippen molar-refractivity contribution in [2.45, 2.75) is 51.1 Å². The number of carboxylic acids is 1. The first-order valence-electron chi connectivity index (χ1n) is 13.5. The van der Waals surface area contributed by atoms with Gasteiger partial charge in [-0.3, -0.25) is 14.0 Å². The van der Waals surface area contributed by atoms with Crippen LogP contribution in [0.25, 0.3) is 16.9 Å². The Morgan fingerprint density at radius 2 is 1.85 bits per heavy atom. The SMILES string of the molecule is COc1cccc(-c2nc3c(C(=O)NC(CC(=O)O)C4CCCCC4)cccn3c2NCc2ccccc2)c1. The number of pyridine rings is 1. The lowest BCUT2D eigenvalue weighted by Crippen LogP contribution is -2.42. The molecule has 2 heterocycles. The Hall–Kier alpha value is -4.33. The molecule has 1 fully saturated rings. The summed E-state index contributed by atoms with van der Waals surface area (Å²) in [5.41, 5.74) is 3.56. The van der Waals surface area contributed by atoms with Gasteiger partial charge < -0.3 is 20.5 Å². The van der Waals surface area contributed by atoms with Gasteiger partial charge in [-0.1, -0.05) is 61.7 Å². The smallest absolute Gasteiger partial charge is 0.305 e. The van der Waals surface area contributed by atoms with E-state index in [1.807, 2.05) is 71.3 Å². The molecule has 0 saturated heterocycles. The van der Waals surface area contributed by atoms with Gasteiger partial charge in [-0.2, -0.15) is 0 Å². The first-order chi connectivity index (χ1) is 19.0. The quantitative estimate of drug-likeness (QED) is 0.242. The number of hydrogen-bond donors (Lipinski definition) is 3. The summed E-state index contributed by atoms with van der Waals surface area (Å²) >= 11 is 0. The Bertz CT molecular complexity index is 1440. The third kappa shape index (κ3) is 6.06. The number of hydrogen-bond acceptors (Lipinski definition) is 5. The van der Waals surface area contributed by atoms with Crippen LogP contribution in [-0.4, -0.2) is 39.5 Å². The highest BCUT2D eigenvalue weighted by molar-refractivity contribution is 6.01. The normalized spacial score (nSPS) is 14.6. The zero-order valence-electron chi connectivity index (χ0n) is 22.1. The number of anilines is 1. The molecule has 1 aliphatic rings. The number of aliphatic carboxylic acids is 1. The molecule has 39 heavy (non-hydrogen) atoms. The first-order valence-corrected chi connectivity index (χ1v) is 13.5. The van der Waals surface area contributed by atoms with Gasteiger partial charge >= 0.3 is 5.97 Å². The van der Waals surface area contributed by atoms with Crippen LogP contribution in [-0.2, 0) is 11.3 Å². The van der Waals surface area contributed by atoms with E-state index in [-0.39, 0.29) is 18.2 Å². The van der Waals surface area contributed by atoms with Gasteiger partial charge in [0.1, 0.15) is 17.3 Å². The van der Waals surface area contributed by atoms with E-state index in [1.165, 1.54) is 0 Å². The molecule has 0 spiro atoms. The fourth-order valence-corrected chi connectivity index (χ4v) is 5.47. The predicted octanol–water partition coefficient (Wildman–Crippen LogP) is 5.78. The number of benzene rings is 2. The van der Waals surface area contributed by atoms with Crippen LogP contribution >= 0.6 is 0 Å². The van der Waals surface area contributed by atoms with Gasteiger partial charge in [-0.05, 0) is 48.6 Å². The number of methoxy groups -OCH3 is 1. The number of nitrogens with zero attached hydrogens (tertiary/aromatic N) is 2. The van der Waals surface area contributed by atoms with Crippen molar-refractivity contribution in [3.8, 4) is 17.0 Å². The molecule has 1 saturated carbocycles. The van der Waals surface area contributed by atoms with Gasteiger partial charge in [0.05, 0.1) is 19.1 Å². The molecule has 0 bridgehead atoms. The molecule has 8 nitrogen and oxygen atoms in total. The monoisotopic (exact) mass is 526 g/mol. The summed E-state index contributed by atoms with van der Waals surface area (Å²) in [5, 5.41) is 16.1. The fourth-order valence-electron chi connectivity index (χ4n) is 5.47. The van der Waals surface area contributed by atoms with E-state index in [2.05, 4.69) is 10.6 Å². The van der Waals surface area contributed by atoms with Crippen LogP contribution in [0, 0.1) is 5.92 Å². The van der Waals surface area contributed by atoms with Crippen LogP contribution in [0.2, 0.25) is 0 Å². The van der Waals surface area contributed by atoms with E-state index in [0.29, 0.717) is 29.2 Å².